The number of ketones is 2. The van der Waals surface area contributed by atoms with Gasteiger partial charge in [0, 0.05) is 34.4 Å². The number of carbonyl (C=O) groups is 4. The molecule has 0 aliphatic rings. The molecule has 0 spiro atoms. The van der Waals surface area contributed by atoms with Crippen molar-refractivity contribution in [3.63, 3.8) is 0 Å². The molecular weight excluding hydrogens is 619 g/mol. The van der Waals surface area contributed by atoms with Gasteiger partial charge < -0.3 is 34.3 Å². The normalized spacial score (nSPS) is 11.5. The first kappa shape index (κ1) is 39.4. The van der Waals surface area contributed by atoms with Gasteiger partial charge in [-0.15, -0.1) is 22.7 Å². The molecule has 2 N–H and O–H groups in total. The van der Waals surface area contributed by atoms with Crippen LogP contribution in [0.5, 0.6) is 23.0 Å². The Morgan fingerprint density at radius 3 is 1.33 bits per heavy atom. The molecule has 2 heterocycles. The predicted molar refractivity (Wildman–Crippen MR) is 168 cm³/mol. The van der Waals surface area contributed by atoms with Crippen LogP contribution in [-0.2, 0) is 14.3 Å². The molecule has 2 atom stereocenters. The molecule has 0 fully saturated rings. The van der Waals surface area contributed by atoms with Gasteiger partial charge in [-0.2, -0.15) is 0 Å². The number of ether oxygens (including phenoxy) is 5. The number of carboxylic acids is 1. The average Bonchev–Trinajstić information content (AvgIpc) is 3.62. The number of Topliss-reactive ketones (excluding diaryl/α,β-unsaturated/α-hetero) is 2. The van der Waals surface area contributed by atoms with Gasteiger partial charge in [0.25, 0.3) is 0 Å². The molecule has 2 aromatic carbocycles. The van der Waals surface area contributed by atoms with E-state index in [0.29, 0.717) is 32.8 Å². The molecule has 4 rings (SSSR count). The average molecular weight is 655 g/mol. The molecule has 0 saturated carbocycles. The van der Waals surface area contributed by atoms with Crippen molar-refractivity contribution in [2.75, 3.05) is 35.5 Å². The first-order valence-corrected chi connectivity index (χ1v) is 14.8. The SMILES string of the molecule is COC(=O)[C@@H](C)CC(=O)c1cc2cc(OC)c(OC)cc2s1.COc1cc2cc(C(=O)C[C@H](C)C(=O)O)sc2cc1OC.[Li+].[OH-]. The van der Waals surface area contributed by atoms with Crippen LogP contribution in [0.3, 0.4) is 0 Å². The van der Waals surface area contributed by atoms with Gasteiger partial charge >= 0.3 is 30.8 Å². The van der Waals surface area contributed by atoms with Gasteiger partial charge in [-0.3, -0.25) is 19.2 Å². The van der Waals surface area contributed by atoms with E-state index >= 15 is 0 Å². The van der Waals surface area contributed by atoms with Gasteiger partial charge in [-0.1, -0.05) is 13.8 Å². The number of carbonyl (C=O) groups excluding carboxylic acids is 3. The monoisotopic (exact) mass is 654 g/mol. The minimum atomic E-state index is -0.965. The quantitative estimate of drug-likeness (QED) is 0.135. The molecular formula is C31H35LiO11S2. The van der Waals surface area contributed by atoms with Gasteiger partial charge in [0.15, 0.2) is 34.6 Å². The van der Waals surface area contributed by atoms with Crippen molar-refractivity contribution >= 4 is 66.4 Å². The van der Waals surface area contributed by atoms with Crippen molar-refractivity contribution in [3.8, 4) is 23.0 Å². The predicted octanol–water partition coefficient (Wildman–Crippen LogP) is 3.34. The molecule has 0 amide bonds. The molecule has 0 aliphatic carbocycles. The Kier molecular flexibility index (Phi) is 15.6. The maximum atomic E-state index is 12.3. The van der Waals surface area contributed by atoms with Gasteiger partial charge in [0.2, 0.25) is 0 Å². The third-order valence-corrected chi connectivity index (χ3v) is 8.88. The Hall–Kier alpha value is -3.60. The van der Waals surface area contributed by atoms with E-state index in [1.807, 2.05) is 30.3 Å². The van der Waals surface area contributed by atoms with Crippen molar-refractivity contribution in [1.82, 2.24) is 0 Å². The zero-order valence-electron chi connectivity index (χ0n) is 26.4. The van der Waals surface area contributed by atoms with Crippen LogP contribution in [0.2, 0.25) is 0 Å². The van der Waals surface area contributed by atoms with Crippen molar-refractivity contribution in [1.29, 1.82) is 0 Å². The smallest absolute Gasteiger partial charge is 0.870 e. The number of benzene rings is 2. The fourth-order valence-corrected chi connectivity index (χ4v) is 6.18. The van der Waals surface area contributed by atoms with E-state index in [1.165, 1.54) is 36.7 Å². The summed E-state index contributed by atoms with van der Waals surface area (Å²) in [5.41, 5.74) is 0. The second-order valence-corrected chi connectivity index (χ2v) is 11.8. The van der Waals surface area contributed by atoms with Crippen LogP contribution >= 0.6 is 22.7 Å². The van der Waals surface area contributed by atoms with Crippen LogP contribution < -0.4 is 37.8 Å². The number of hydrogen-bond acceptors (Lipinski definition) is 12. The summed E-state index contributed by atoms with van der Waals surface area (Å²) < 4.78 is 27.5. The first-order valence-electron chi connectivity index (χ1n) is 13.1. The Labute approximate surface area is 280 Å². The molecule has 0 saturated heterocycles. The fraction of sp³-hybridized carbons (Fsp3) is 0.355. The summed E-state index contributed by atoms with van der Waals surface area (Å²) in [6.45, 7) is 3.21. The Bertz CT molecular complexity index is 1560. The largest absolute Gasteiger partial charge is 1.00 e. The molecule has 11 nitrogen and oxygen atoms in total. The van der Waals surface area contributed by atoms with E-state index in [2.05, 4.69) is 4.74 Å². The van der Waals surface area contributed by atoms with Crippen LogP contribution in [-0.4, -0.2) is 69.6 Å². The molecule has 0 bridgehead atoms. The van der Waals surface area contributed by atoms with E-state index in [1.54, 1.807) is 41.4 Å². The third kappa shape index (κ3) is 9.69. The second kappa shape index (κ2) is 17.8. The molecule has 14 heteroatoms. The number of fused-ring (bicyclic) bond motifs is 2. The van der Waals surface area contributed by atoms with Gasteiger partial charge in [-0.05, 0) is 35.0 Å². The van der Waals surface area contributed by atoms with Crippen molar-refractivity contribution in [2.24, 2.45) is 11.8 Å². The molecule has 45 heavy (non-hydrogen) atoms. The molecule has 4 aromatic rings. The van der Waals surface area contributed by atoms with Crippen LogP contribution in [0.25, 0.3) is 20.2 Å². The Morgan fingerprint density at radius 2 is 1.00 bits per heavy atom. The van der Waals surface area contributed by atoms with E-state index in [0.717, 1.165) is 20.2 Å². The van der Waals surface area contributed by atoms with Crippen LogP contribution in [0, 0.1) is 11.8 Å². The third-order valence-electron chi connectivity index (χ3n) is 6.60. The number of rotatable bonds is 12. The number of carboxylic acid groups (broad SMARTS) is 1. The van der Waals surface area contributed by atoms with Crippen LogP contribution in [0.15, 0.2) is 36.4 Å². The molecule has 0 unspecified atom stereocenters. The molecule has 238 valence electrons. The minimum Gasteiger partial charge on any atom is -0.870 e. The fourth-order valence-electron chi connectivity index (χ4n) is 4.14. The summed E-state index contributed by atoms with van der Waals surface area (Å²) in [6, 6.07) is 10.9. The van der Waals surface area contributed by atoms with E-state index in [-0.39, 0.29) is 54.7 Å². The van der Waals surface area contributed by atoms with E-state index in [4.69, 9.17) is 24.1 Å². The Balaban J connectivity index is 0.000000431. The molecule has 0 radical (unpaired) electrons. The zero-order chi connectivity index (χ0) is 31.8. The number of methoxy groups -OCH3 is 5. The maximum absolute atomic E-state index is 12.3. The second-order valence-electron chi connectivity index (χ2n) is 9.63. The molecule has 2 aromatic heterocycles. The summed E-state index contributed by atoms with van der Waals surface area (Å²) in [4.78, 5) is 47.8. The van der Waals surface area contributed by atoms with Crippen molar-refractivity contribution in [2.45, 2.75) is 26.7 Å². The van der Waals surface area contributed by atoms with Crippen LogP contribution in [0.4, 0.5) is 0 Å². The van der Waals surface area contributed by atoms with E-state index < -0.39 is 17.8 Å². The van der Waals surface area contributed by atoms with Gasteiger partial charge in [0.1, 0.15) is 0 Å². The minimum absolute atomic E-state index is 0. The Morgan fingerprint density at radius 1 is 0.644 bits per heavy atom. The van der Waals surface area contributed by atoms with Gasteiger partial charge in [0.05, 0.1) is 57.1 Å². The summed E-state index contributed by atoms with van der Waals surface area (Å²) in [5, 5.41) is 10.7. The topological polar surface area (TPSA) is 165 Å². The van der Waals surface area contributed by atoms with Crippen LogP contribution in [0.1, 0.15) is 46.0 Å². The maximum Gasteiger partial charge on any atom is 1.00 e. The first-order chi connectivity index (χ1) is 20.4. The van der Waals surface area contributed by atoms with Gasteiger partial charge in [-0.25, -0.2) is 0 Å². The molecule has 0 aliphatic heterocycles. The number of thiophene rings is 2. The van der Waals surface area contributed by atoms with Crippen molar-refractivity contribution in [3.05, 3.63) is 46.2 Å². The summed E-state index contributed by atoms with van der Waals surface area (Å²) in [6.07, 6.45) is 0.129. The number of aliphatic carboxylic acids is 1. The number of esters is 1. The standard InChI is InChI=1S/C16H18O5S.C15H16O5S.Li.H2O/c1-9(16(18)21-4)5-11(17)15-7-10-6-12(19-2)13(20-3)8-14(10)22-15;1-8(15(17)18)4-10(16)14-6-9-5-11(19-2)12(20-3)7-13(9)21-14;;/h6-9H,5H2,1-4H3;5-8H,4H2,1-3H3,(H,17,18);;1H2/q;;+1;/p-1/t9-;8-;;/m00../s1. The summed E-state index contributed by atoms with van der Waals surface area (Å²) in [7, 11) is 7.57. The summed E-state index contributed by atoms with van der Waals surface area (Å²) >= 11 is 2.71. The summed E-state index contributed by atoms with van der Waals surface area (Å²) in [5.74, 6) is -0.274. The van der Waals surface area contributed by atoms with E-state index in [9.17, 15) is 19.2 Å². The number of hydrogen-bond donors (Lipinski definition) is 1. The van der Waals surface area contributed by atoms with Crippen molar-refractivity contribution < 1.29 is 72.3 Å². The zero-order valence-corrected chi connectivity index (χ0v) is 28.1.